The van der Waals surface area contributed by atoms with Gasteiger partial charge in [-0.2, -0.15) is 0 Å². The second-order valence-electron chi connectivity index (χ2n) is 7.22. The van der Waals surface area contributed by atoms with E-state index in [0.717, 1.165) is 31.8 Å². The van der Waals surface area contributed by atoms with Gasteiger partial charge in [0.15, 0.2) is 0 Å². The smallest absolute Gasteiger partial charge is 0.226 e. The lowest BCUT2D eigenvalue weighted by molar-refractivity contribution is -0.138. The molecule has 3 unspecified atom stereocenters. The van der Waals surface area contributed by atoms with E-state index in [1.165, 1.54) is 0 Å². The first kappa shape index (κ1) is 15.5. The van der Waals surface area contributed by atoms with Gasteiger partial charge >= 0.3 is 0 Å². The number of carbonyl (C=O) groups is 1. The fraction of sp³-hybridized carbons (Fsp3) is 0.933. The normalized spacial score (nSPS) is 27.1. The molecule has 1 aliphatic rings. The summed E-state index contributed by atoms with van der Waals surface area (Å²) in [5.41, 5.74) is 5.96. The van der Waals surface area contributed by atoms with E-state index < -0.39 is 0 Å². The molecule has 1 saturated heterocycles. The highest BCUT2D eigenvalue weighted by Gasteiger charge is 2.31. The average Bonchev–Trinajstić information content (AvgIpc) is 2.27. The summed E-state index contributed by atoms with van der Waals surface area (Å²) in [6.07, 6.45) is 2.00. The lowest BCUT2D eigenvalue weighted by Crippen LogP contribution is -2.47. The van der Waals surface area contributed by atoms with Crippen LogP contribution < -0.4 is 5.73 Å². The molecular formula is C15H30N2O. The molecule has 1 amide bonds. The van der Waals surface area contributed by atoms with Gasteiger partial charge in [0.25, 0.3) is 0 Å². The third-order valence-electron chi connectivity index (χ3n) is 4.14. The zero-order valence-corrected chi connectivity index (χ0v) is 12.7. The summed E-state index contributed by atoms with van der Waals surface area (Å²) >= 11 is 0. The van der Waals surface area contributed by atoms with Gasteiger partial charge in [0, 0.05) is 19.6 Å². The Morgan fingerprint density at radius 1 is 1.33 bits per heavy atom. The van der Waals surface area contributed by atoms with Crippen LogP contribution in [0.2, 0.25) is 0 Å². The Morgan fingerprint density at radius 3 is 2.39 bits per heavy atom. The topological polar surface area (TPSA) is 46.3 Å². The van der Waals surface area contributed by atoms with Crippen LogP contribution in [-0.2, 0) is 4.79 Å². The van der Waals surface area contributed by atoms with Crippen molar-refractivity contribution in [2.24, 2.45) is 28.9 Å². The quantitative estimate of drug-likeness (QED) is 0.841. The van der Waals surface area contributed by atoms with E-state index in [2.05, 4.69) is 34.6 Å². The fourth-order valence-electron chi connectivity index (χ4n) is 2.73. The molecule has 3 nitrogen and oxygen atoms in total. The van der Waals surface area contributed by atoms with Gasteiger partial charge in [0.2, 0.25) is 5.91 Å². The maximum atomic E-state index is 12.5. The van der Waals surface area contributed by atoms with Crippen molar-refractivity contribution in [3.05, 3.63) is 0 Å². The Hall–Kier alpha value is -0.570. The summed E-state index contributed by atoms with van der Waals surface area (Å²) in [5.74, 6) is 1.60. The molecule has 0 aromatic heterocycles. The van der Waals surface area contributed by atoms with Gasteiger partial charge < -0.3 is 10.6 Å². The highest BCUT2D eigenvalue weighted by Crippen LogP contribution is 2.28. The minimum Gasteiger partial charge on any atom is -0.342 e. The van der Waals surface area contributed by atoms with Crippen LogP contribution in [0, 0.1) is 23.2 Å². The number of hydrogen-bond donors (Lipinski definition) is 1. The Labute approximate surface area is 112 Å². The lowest BCUT2D eigenvalue weighted by atomic mass is 9.83. The Balaban J connectivity index is 2.62. The van der Waals surface area contributed by atoms with Gasteiger partial charge in [0.05, 0.1) is 5.92 Å². The summed E-state index contributed by atoms with van der Waals surface area (Å²) in [5, 5.41) is 0. The van der Waals surface area contributed by atoms with Crippen LogP contribution >= 0.6 is 0 Å². The van der Waals surface area contributed by atoms with Crippen molar-refractivity contribution in [1.29, 1.82) is 0 Å². The molecule has 1 heterocycles. The molecule has 0 radical (unpaired) electrons. The van der Waals surface area contributed by atoms with E-state index in [1.54, 1.807) is 0 Å². The third-order valence-corrected chi connectivity index (χ3v) is 4.14. The minimum absolute atomic E-state index is 0.00870. The van der Waals surface area contributed by atoms with Crippen LogP contribution in [0.15, 0.2) is 0 Å². The average molecular weight is 254 g/mol. The molecule has 0 bridgehead atoms. The largest absolute Gasteiger partial charge is 0.342 e. The summed E-state index contributed by atoms with van der Waals surface area (Å²) in [4.78, 5) is 14.5. The van der Waals surface area contributed by atoms with Crippen LogP contribution in [0.4, 0.5) is 0 Å². The van der Waals surface area contributed by atoms with Crippen LogP contribution in [0.5, 0.6) is 0 Å². The molecule has 106 valence electrons. The number of amides is 1. The molecule has 2 N–H and O–H groups in total. The summed E-state index contributed by atoms with van der Waals surface area (Å²) in [7, 11) is 0. The fourth-order valence-corrected chi connectivity index (χ4v) is 2.73. The van der Waals surface area contributed by atoms with Crippen molar-refractivity contribution in [3.63, 3.8) is 0 Å². The van der Waals surface area contributed by atoms with E-state index in [1.807, 2.05) is 4.90 Å². The van der Waals surface area contributed by atoms with Crippen LogP contribution in [0.3, 0.4) is 0 Å². The maximum absolute atomic E-state index is 12.5. The molecule has 1 aliphatic heterocycles. The zero-order chi connectivity index (χ0) is 13.9. The SMILES string of the molecule is CC1CCN(C(=O)C(CN)CC(C)(C)C)CC1C. The molecular weight excluding hydrogens is 224 g/mol. The molecule has 0 aliphatic carbocycles. The number of rotatable bonds is 3. The second kappa shape index (κ2) is 6.05. The third kappa shape index (κ3) is 4.27. The molecule has 3 heteroatoms. The summed E-state index contributed by atoms with van der Waals surface area (Å²) in [6.45, 7) is 13.3. The van der Waals surface area contributed by atoms with Crippen LogP contribution in [0.25, 0.3) is 0 Å². The first-order chi connectivity index (χ1) is 8.24. The number of likely N-dealkylation sites (tertiary alicyclic amines) is 1. The second-order valence-corrected chi connectivity index (χ2v) is 7.22. The predicted octanol–water partition coefficient (Wildman–Crippen LogP) is 2.50. The molecule has 18 heavy (non-hydrogen) atoms. The van der Waals surface area contributed by atoms with Crippen molar-refractivity contribution in [3.8, 4) is 0 Å². The molecule has 1 rings (SSSR count). The van der Waals surface area contributed by atoms with E-state index in [9.17, 15) is 4.79 Å². The molecule has 0 spiro atoms. The standard InChI is InChI=1S/C15H30N2O/c1-11-6-7-17(10-12(11)2)14(18)13(9-16)8-15(3,4)5/h11-13H,6-10,16H2,1-5H3. The first-order valence-electron chi connectivity index (χ1n) is 7.23. The number of piperidine rings is 1. The van der Waals surface area contributed by atoms with Crippen molar-refractivity contribution in [2.45, 2.75) is 47.5 Å². The minimum atomic E-state index is -0.00870. The van der Waals surface area contributed by atoms with Gasteiger partial charge in [-0.15, -0.1) is 0 Å². The lowest BCUT2D eigenvalue weighted by Gasteiger charge is -2.38. The van der Waals surface area contributed by atoms with Crippen molar-refractivity contribution >= 4 is 5.91 Å². The molecule has 0 aromatic rings. The van der Waals surface area contributed by atoms with Crippen molar-refractivity contribution < 1.29 is 4.79 Å². The van der Waals surface area contributed by atoms with Gasteiger partial charge in [-0.25, -0.2) is 0 Å². The highest BCUT2D eigenvalue weighted by atomic mass is 16.2. The Morgan fingerprint density at radius 2 is 1.94 bits per heavy atom. The predicted molar refractivity (Wildman–Crippen MR) is 76.1 cm³/mol. The Bertz CT molecular complexity index is 283. The van der Waals surface area contributed by atoms with Gasteiger partial charge in [-0.3, -0.25) is 4.79 Å². The van der Waals surface area contributed by atoms with E-state index in [-0.39, 0.29) is 17.2 Å². The zero-order valence-electron chi connectivity index (χ0n) is 12.7. The maximum Gasteiger partial charge on any atom is 0.226 e. The molecule has 0 aromatic carbocycles. The van der Waals surface area contributed by atoms with E-state index in [0.29, 0.717) is 12.5 Å². The molecule has 3 atom stereocenters. The van der Waals surface area contributed by atoms with Crippen molar-refractivity contribution in [2.75, 3.05) is 19.6 Å². The molecule has 1 fully saturated rings. The van der Waals surface area contributed by atoms with Gasteiger partial charge in [-0.05, 0) is 30.1 Å². The number of nitrogens with two attached hydrogens (primary N) is 1. The van der Waals surface area contributed by atoms with E-state index in [4.69, 9.17) is 5.73 Å². The number of nitrogens with zero attached hydrogens (tertiary/aromatic N) is 1. The van der Waals surface area contributed by atoms with E-state index >= 15 is 0 Å². The van der Waals surface area contributed by atoms with Gasteiger partial charge in [-0.1, -0.05) is 34.6 Å². The van der Waals surface area contributed by atoms with Crippen LogP contribution in [-0.4, -0.2) is 30.4 Å². The van der Waals surface area contributed by atoms with Crippen LogP contribution in [0.1, 0.15) is 47.5 Å². The molecule has 0 saturated carbocycles. The number of carbonyl (C=O) groups excluding carboxylic acids is 1. The summed E-state index contributed by atoms with van der Waals surface area (Å²) < 4.78 is 0. The highest BCUT2D eigenvalue weighted by molar-refractivity contribution is 5.79. The van der Waals surface area contributed by atoms with Gasteiger partial charge in [0.1, 0.15) is 0 Å². The summed E-state index contributed by atoms with van der Waals surface area (Å²) in [6, 6.07) is 0. The number of hydrogen-bond acceptors (Lipinski definition) is 2. The monoisotopic (exact) mass is 254 g/mol. The first-order valence-corrected chi connectivity index (χ1v) is 7.23. The van der Waals surface area contributed by atoms with Crippen molar-refractivity contribution in [1.82, 2.24) is 4.90 Å². The Kier molecular flexibility index (Phi) is 5.20.